The quantitative estimate of drug-likeness (QED) is 0.534. The Morgan fingerprint density at radius 1 is 1.38 bits per heavy atom. The van der Waals surface area contributed by atoms with Gasteiger partial charge in [0.15, 0.2) is 5.82 Å². The van der Waals surface area contributed by atoms with Crippen LogP contribution in [0, 0.1) is 0 Å². The van der Waals surface area contributed by atoms with Crippen LogP contribution in [0.25, 0.3) is 0 Å². The lowest BCUT2D eigenvalue weighted by molar-refractivity contribution is 0.452. The van der Waals surface area contributed by atoms with Crippen molar-refractivity contribution in [2.75, 3.05) is 5.43 Å². The van der Waals surface area contributed by atoms with E-state index in [2.05, 4.69) is 20.1 Å². The fraction of sp³-hybridized carbons (Fsp3) is 0.273. The summed E-state index contributed by atoms with van der Waals surface area (Å²) in [6, 6.07) is 1.25. The van der Waals surface area contributed by atoms with Crippen molar-refractivity contribution in [3.05, 3.63) is 35.1 Å². The number of hydrogen-bond donors (Lipinski definition) is 3. The van der Waals surface area contributed by atoms with Gasteiger partial charge in [-0.2, -0.15) is 0 Å². The third kappa shape index (κ3) is 3.70. The van der Waals surface area contributed by atoms with E-state index in [0.29, 0.717) is 12.2 Å². The number of nitrogens with one attached hydrogen (secondary N) is 2. The number of anilines is 1. The minimum atomic E-state index is -3.77. The predicted octanol–water partition coefficient (Wildman–Crippen LogP) is 1.05. The molecule has 0 aliphatic heterocycles. The van der Waals surface area contributed by atoms with Gasteiger partial charge in [0.05, 0.1) is 17.8 Å². The van der Waals surface area contributed by atoms with Gasteiger partial charge in [-0.05, 0) is 6.07 Å². The zero-order valence-electron chi connectivity index (χ0n) is 11.1. The van der Waals surface area contributed by atoms with Gasteiger partial charge in [0, 0.05) is 12.6 Å². The molecule has 0 aliphatic rings. The maximum absolute atomic E-state index is 12.1. The van der Waals surface area contributed by atoms with E-state index in [4.69, 9.17) is 21.9 Å². The number of oxazole rings is 1. The number of hydrogen-bond acceptors (Lipinski definition) is 7. The molecule has 0 aliphatic carbocycles. The predicted molar refractivity (Wildman–Crippen MR) is 77.0 cm³/mol. The summed E-state index contributed by atoms with van der Waals surface area (Å²) in [5, 5.41) is 0.102. The van der Waals surface area contributed by atoms with E-state index >= 15 is 0 Å². The molecule has 0 saturated carbocycles. The Hall–Kier alpha value is -1.68. The van der Waals surface area contributed by atoms with E-state index in [0.717, 1.165) is 6.20 Å². The van der Waals surface area contributed by atoms with Crippen LogP contribution in [0.2, 0.25) is 5.02 Å². The molecule has 0 unspecified atom stereocenters. The average Bonchev–Trinajstić information content (AvgIpc) is 2.93. The fourth-order valence-corrected chi connectivity index (χ4v) is 2.74. The second kappa shape index (κ2) is 6.39. The van der Waals surface area contributed by atoms with E-state index in [-0.39, 0.29) is 28.2 Å². The number of rotatable bonds is 6. The van der Waals surface area contributed by atoms with Crippen LogP contribution in [0.4, 0.5) is 5.82 Å². The second-order valence-electron chi connectivity index (χ2n) is 4.04. The van der Waals surface area contributed by atoms with Gasteiger partial charge in [-0.3, -0.25) is 0 Å². The molecule has 0 fully saturated rings. The minimum absolute atomic E-state index is 0.0587. The molecule has 0 radical (unpaired) electrons. The van der Waals surface area contributed by atoms with E-state index in [9.17, 15) is 8.42 Å². The van der Waals surface area contributed by atoms with E-state index < -0.39 is 10.0 Å². The highest BCUT2D eigenvalue weighted by molar-refractivity contribution is 7.89. The monoisotopic (exact) mass is 331 g/mol. The molecule has 10 heteroatoms. The summed E-state index contributed by atoms with van der Waals surface area (Å²) >= 11 is 5.85. The molecule has 0 spiro atoms. The molecule has 0 atom stereocenters. The van der Waals surface area contributed by atoms with Crippen LogP contribution in [0.1, 0.15) is 18.6 Å². The molecule has 114 valence electrons. The fourth-order valence-electron chi connectivity index (χ4n) is 1.51. The number of pyridine rings is 1. The summed E-state index contributed by atoms with van der Waals surface area (Å²) in [5.74, 6) is 6.34. The van der Waals surface area contributed by atoms with Crippen LogP contribution in [0.5, 0.6) is 0 Å². The smallest absolute Gasteiger partial charge is 0.242 e. The molecule has 0 amide bonds. The highest BCUT2D eigenvalue weighted by atomic mass is 35.5. The molecule has 2 heterocycles. The second-order valence-corrected chi connectivity index (χ2v) is 6.22. The molecule has 21 heavy (non-hydrogen) atoms. The summed E-state index contributed by atoms with van der Waals surface area (Å²) in [4.78, 5) is 7.70. The highest BCUT2D eigenvalue weighted by Crippen LogP contribution is 2.21. The topological polar surface area (TPSA) is 123 Å². The van der Waals surface area contributed by atoms with Gasteiger partial charge >= 0.3 is 0 Å². The maximum atomic E-state index is 12.1. The van der Waals surface area contributed by atoms with Gasteiger partial charge in [0.2, 0.25) is 15.9 Å². The normalized spacial score (nSPS) is 11.6. The molecular weight excluding hydrogens is 318 g/mol. The first-order valence-electron chi connectivity index (χ1n) is 6.01. The van der Waals surface area contributed by atoms with Crippen LogP contribution in [0.15, 0.2) is 27.8 Å². The van der Waals surface area contributed by atoms with E-state index in [1.165, 1.54) is 6.07 Å². The molecule has 2 rings (SSSR count). The molecule has 2 aromatic heterocycles. The van der Waals surface area contributed by atoms with Gasteiger partial charge < -0.3 is 9.84 Å². The lowest BCUT2D eigenvalue weighted by atomic mass is 10.4. The van der Waals surface area contributed by atoms with Crippen molar-refractivity contribution in [1.82, 2.24) is 14.7 Å². The number of sulfonamides is 1. The Morgan fingerprint density at radius 2 is 2.14 bits per heavy atom. The molecule has 0 saturated heterocycles. The summed E-state index contributed by atoms with van der Waals surface area (Å²) < 4.78 is 31.9. The number of halogens is 1. The van der Waals surface area contributed by atoms with Crippen molar-refractivity contribution in [2.45, 2.75) is 24.8 Å². The Kier molecular flexibility index (Phi) is 4.78. The van der Waals surface area contributed by atoms with E-state index in [1.54, 1.807) is 6.20 Å². The van der Waals surface area contributed by atoms with Gasteiger partial charge in [-0.25, -0.2) is 29.0 Å². The van der Waals surface area contributed by atoms with Crippen molar-refractivity contribution in [3.8, 4) is 0 Å². The van der Waals surface area contributed by atoms with Crippen LogP contribution < -0.4 is 16.0 Å². The lowest BCUT2D eigenvalue weighted by Gasteiger charge is -2.07. The van der Waals surface area contributed by atoms with Gasteiger partial charge in [-0.1, -0.05) is 18.5 Å². The van der Waals surface area contributed by atoms with Crippen molar-refractivity contribution < 1.29 is 12.8 Å². The van der Waals surface area contributed by atoms with Gasteiger partial charge in [0.25, 0.3) is 0 Å². The highest BCUT2D eigenvalue weighted by Gasteiger charge is 2.17. The zero-order chi connectivity index (χ0) is 15.5. The van der Waals surface area contributed by atoms with Crippen LogP contribution in [0.3, 0.4) is 0 Å². The first kappa shape index (κ1) is 15.7. The van der Waals surface area contributed by atoms with Crippen LogP contribution in [-0.2, 0) is 23.0 Å². The summed E-state index contributed by atoms with van der Waals surface area (Å²) in [6.45, 7) is 1.85. The Bertz CT molecular complexity index is 731. The first-order chi connectivity index (χ1) is 9.96. The maximum Gasteiger partial charge on any atom is 0.242 e. The van der Waals surface area contributed by atoms with Crippen molar-refractivity contribution >= 4 is 27.4 Å². The summed E-state index contributed by atoms with van der Waals surface area (Å²) in [6.07, 6.45) is 3.40. The van der Waals surface area contributed by atoms with Crippen molar-refractivity contribution in [1.29, 1.82) is 0 Å². The van der Waals surface area contributed by atoms with Crippen molar-refractivity contribution in [3.63, 3.8) is 0 Å². The molecule has 2 aromatic rings. The third-order valence-electron chi connectivity index (χ3n) is 2.63. The SMILES string of the molecule is CCc1cnc(CNS(=O)(=O)c2cnc(NN)c(Cl)c2)o1. The van der Waals surface area contributed by atoms with Gasteiger partial charge in [0.1, 0.15) is 10.7 Å². The number of aryl methyl sites for hydroxylation is 1. The lowest BCUT2D eigenvalue weighted by Crippen LogP contribution is -2.23. The average molecular weight is 332 g/mol. The van der Waals surface area contributed by atoms with Gasteiger partial charge in [-0.15, -0.1) is 0 Å². The molecule has 4 N–H and O–H groups in total. The standard InChI is InChI=1S/C11H14ClN5O3S/c1-2-7-4-14-10(20-7)6-16-21(18,19)8-3-9(12)11(17-13)15-5-8/h3-5,16H,2,6,13H2,1H3,(H,15,17). The molecule has 0 aromatic carbocycles. The largest absolute Gasteiger partial charge is 0.444 e. The van der Waals surface area contributed by atoms with Crippen molar-refractivity contribution in [2.24, 2.45) is 5.84 Å². The number of nitrogens with two attached hydrogens (primary N) is 1. The minimum Gasteiger partial charge on any atom is -0.444 e. The molecular formula is C11H14ClN5O3S. The summed E-state index contributed by atoms with van der Waals surface area (Å²) in [5.41, 5.74) is 2.26. The zero-order valence-corrected chi connectivity index (χ0v) is 12.7. The number of hydrazine groups is 1. The van der Waals surface area contributed by atoms with Crippen LogP contribution in [-0.4, -0.2) is 18.4 Å². The summed E-state index contributed by atoms with van der Waals surface area (Å²) in [7, 11) is -3.77. The van der Waals surface area contributed by atoms with Crippen LogP contribution >= 0.6 is 11.6 Å². The Morgan fingerprint density at radius 3 is 2.71 bits per heavy atom. The Labute approximate surface area is 126 Å². The number of nitrogens with zero attached hydrogens (tertiary/aromatic N) is 2. The third-order valence-corrected chi connectivity index (χ3v) is 4.28. The van der Waals surface area contributed by atoms with E-state index in [1.807, 2.05) is 6.92 Å². The number of aromatic nitrogens is 2. The molecule has 0 bridgehead atoms. The number of nitrogen functional groups attached to an aromatic ring is 1. The molecule has 8 nitrogen and oxygen atoms in total. The Balaban J connectivity index is 2.12. The first-order valence-corrected chi connectivity index (χ1v) is 7.87.